The van der Waals surface area contributed by atoms with Crippen molar-refractivity contribution in [1.82, 2.24) is 10.2 Å². The standard InChI is InChI=1S/C18H27N3O/c1-3-18(8-5-9-19-18)17(22)21-12-10-20(11-13-21)16-7-4-6-15(2)14-16/h4,6-7,14,19H,3,5,8-13H2,1-2H3. The van der Waals surface area contributed by atoms with Crippen LogP contribution in [-0.2, 0) is 4.79 Å². The number of nitrogens with one attached hydrogen (secondary N) is 1. The van der Waals surface area contributed by atoms with Crippen LogP contribution in [0, 0.1) is 6.92 Å². The summed E-state index contributed by atoms with van der Waals surface area (Å²) in [4.78, 5) is 17.3. The Morgan fingerprint density at radius 3 is 2.64 bits per heavy atom. The topological polar surface area (TPSA) is 35.6 Å². The molecule has 1 aromatic carbocycles. The van der Waals surface area contributed by atoms with Crippen molar-refractivity contribution in [3.63, 3.8) is 0 Å². The van der Waals surface area contributed by atoms with Crippen molar-refractivity contribution in [1.29, 1.82) is 0 Å². The highest BCUT2D eigenvalue weighted by Gasteiger charge is 2.42. The Morgan fingerprint density at radius 2 is 2.05 bits per heavy atom. The zero-order valence-electron chi connectivity index (χ0n) is 13.8. The zero-order valence-corrected chi connectivity index (χ0v) is 13.8. The Morgan fingerprint density at radius 1 is 1.27 bits per heavy atom. The van der Waals surface area contributed by atoms with Gasteiger partial charge in [-0.25, -0.2) is 0 Å². The van der Waals surface area contributed by atoms with E-state index in [2.05, 4.69) is 53.2 Å². The summed E-state index contributed by atoms with van der Waals surface area (Å²) < 4.78 is 0. The molecule has 0 radical (unpaired) electrons. The van der Waals surface area contributed by atoms with Gasteiger partial charge in [-0.3, -0.25) is 4.79 Å². The summed E-state index contributed by atoms with van der Waals surface area (Å²) in [6, 6.07) is 8.62. The first-order valence-electron chi connectivity index (χ1n) is 8.51. The Labute approximate surface area is 133 Å². The van der Waals surface area contributed by atoms with Crippen LogP contribution in [0.5, 0.6) is 0 Å². The minimum absolute atomic E-state index is 0.286. The van der Waals surface area contributed by atoms with Crippen LogP contribution in [0.25, 0.3) is 0 Å². The fraction of sp³-hybridized carbons (Fsp3) is 0.611. The number of hydrogen-bond donors (Lipinski definition) is 1. The SMILES string of the molecule is CCC1(C(=O)N2CCN(c3cccc(C)c3)CC2)CCCN1. The highest BCUT2D eigenvalue weighted by Crippen LogP contribution is 2.26. The lowest BCUT2D eigenvalue weighted by molar-refractivity contribution is -0.138. The number of amides is 1. The molecule has 0 bridgehead atoms. The second-order valence-electron chi connectivity index (χ2n) is 6.58. The van der Waals surface area contributed by atoms with Gasteiger partial charge in [0.1, 0.15) is 0 Å². The van der Waals surface area contributed by atoms with Crippen LogP contribution >= 0.6 is 0 Å². The molecule has 4 nitrogen and oxygen atoms in total. The maximum absolute atomic E-state index is 12.9. The van der Waals surface area contributed by atoms with E-state index >= 15 is 0 Å². The molecule has 1 atom stereocenters. The normalized spacial score (nSPS) is 25.5. The minimum Gasteiger partial charge on any atom is -0.368 e. The molecular weight excluding hydrogens is 274 g/mol. The molecule has 0 spiro atoms. The van der Waals surface area contributed by atoms with E-state index in [1.54, 1.807) is 0 Å². The van der Waals surface area contributed by atoms with Crippen molar-refractivity contribution < 1.29 is 4.79 Å². The van der Waals surface area contributed by atoms with Gasteiger partial charge in [-0.2, -0.15) is 0 Å². The number of benzene rings is 1. The van der Waals surface area contributed by atoms with Crippen molar-refractivity contribution in [2.24, 2.45) is 0 Å². The highest BCUT2D eigenvalue weighted by atomic mass is 16.2. The van der Waals surface area contributed by atoms with Gasteiger partial charge in [-0.05, 0) is 50.4 Å². The maximum Gasteiger partial charge on any atom is 0.242 e. The van der Waals surface area contributed by atoms with Crippen molar-refractivity contribution in [2.75, 3.05) is 37.6 Å². The molecule has 2 fully saturated rings. The van der Waals surface area contributed by atoms with Gasteiger partial charge >= 0.3 is 0 Å². The monoisotopic (exact) mass is 301 g/mol. The van der Waals surface area contributed by atoms with Crippen molar-refractivity contribution in [2.45, 2.75) is 38.6 Å². The molecule has 2 saturated heterocycles. The van der Waals surface area contributed by atoms with Gasteiger partial charge in [0.05, 0.1) is 5.54 Å². The average molecular weight is 301 g/mol. The van der Waals surface area contributed by atoms with E-state index < -0.39 is 0 Å². The minimum atomic E-state index is -0.286. The molecule has 2 aliphatic heterocycles. The van der Waals surface area contributed by atoms with E-state index in [0.717, 1.165) is 52.0 Å². The number of aryl methyl sites for hydroxylation is 1. The first kappa shape index (κ1) is 15.3. The van der Waals surface area contributed by atoms with Gasteiger partial charge in [0.25, 0.3) is 0 Å². The molecule has 1 N–H and O–H groups in total. The van der Waals surface area contributed by atoms with Crippen LogP contribution in [0.3, 0.4) is 0 Å². The third-order valence-corrected chi connectivity index (χ3v) is 5.19. The zero-order chi connectivity index (χ0) is 15.6. The smallest absolute Gasteiger partial charge is 0.242 e. The number of hydrogen-bond acceptors (Lipinski definition) is 3. The molecule has 4 heteroatoms. The van der Waals surface area contributed by atoms with Crippen molar-refractivity contribution in [3.8, 4) is 0 Å². The lowest BCUT2D eigenvalue weighted by Gasteiger charge is -2.40. The first-order chi connectivity index (χ1) is 10.6. The summed E-state index contributed by atoms with van der Waals surface area (Å²) in [5, 5.41) is 3.46. The number of anilines is 1. The van der Waals surface area contributed by atoms with Crippen LogP contribution in [0.2, 0.25) is 0 Å². The molecule has 1 unspecified atom stereocenters. The van der Waals surface area contributed by atoms with Gasteiger partial charge in [-0.15, -0.1) is 0 Å². The predicted octanol–water partition coefficient (Wildman–Crippen LogP) is 2.18. The number of piperazine rings is 1. The lowest BCUT2D eigenvalue weighted by atomic mass is 9.92. The predicted molar refractivity (Wildman–Crippen MR) is 90.2 cm³/mol. The number of rotatable bonds is 3. The van der Waals surface area contributed by atoms with Crippen LogP contribution in [0.1, 0.15) is 31.7 Å². The molecule has 2 aliphatic rings. The molecule has 3 rings (SSSR count). The van der Waals surface area contributed by atoms with Crippen LogP contribution in [0.4, 0.5) is 5.69 Å². The third-order valence-electron chi connectivity index (χ3n) is 5.19. The van der Waals surface area contributed by atoms with Crippen LogP contribution < -0.4 is 10.2 Å². The summed E-state index contributed by atoms with van der Waals surface area (Å²) >= 11 is 0. The second kappa shape index (κ2) is 6.29. The summed E-state index contributed by atoms with van der Waals surface area (Å²) in [7, 11) is 0. The molecule has 0 saturated carbocycles. The van der Waals surface area contributed by atoms with Gasteiger partial charge in [-0.1, -0.05) is 19.1 Å². The van der Waals surface area contributed by atoms with Crippen molar-refractivity contribution >= 4 is 11.6 Å². The largest absolute Gasteiger partial charge is 0.368 e. The molecule has 1 amide bonds. The maximum atomic E-state index is 12.9. The quantitative estimate of drug-likeness (QED) is 0.929. The average Bonchev–Trinajstić information content (AvgIpc) is 3.04. The van der Waals surface area contributed by atoms with Gasteiger partial charge in [0, 0.05) is 31.9 Å². The molecular formula is C18H27N3O. The van der Waals surface area contributed by atoms with Gasteiger partial charge in [0.15, 0.2) is 0 Å². The van der Waals surface area contributed by atoms with E-state index in [-0.39, 0.29) is 5.54 Å². The Balaban J connectivity index is 1.63. The van der Waals surface area contributed by atoms with E-state index in [1.165, 1.54) is 11.3 Å². The lowest BCUT2D eigenvalue weighted by Crippen LogP contribution is -2.59. The van der Waals surface area contributed by atoms with Crippen LogP contribution in [-0.4, -0.2) is 49.1 Å². The number of carbonyl (C=O) groups is 1. The fourth-order valence-electron chi connectivity index (χ4n) is 3.74. The van der Waals surface area contributed by atoms with Gasteiger partial charge < -0.3 is 15.1 Å². The summed E-state index contributed by atoms with van der Waals surface area (Å²) in [5.74, 6) is 0.316. The molecule has 0 aliphatic carbocycles. The van der Waals surface area contributed by atoms with E-state index in [1.807, 2.05) is 0 Å². The van der Waals surface area contributed by atoms with E-state index in [9.17, 15) is 4.79 Å². The number of carbonyl (C=O) groups excluding carboxylic acids is 1. The van der Waals surface area contributed by atoms with Crippen LogP contribution in [0.15, 0.2) is 24.3 Å². The van der Waals surface area contributed by atoms with Crippen molar-refractivity contribution in [3.05, 3.63) is 29.8 Å². The Kier molecular flexibility index (Phi) is 4.39. The molecule has 22 heavy (non-hydrogen) atoms. The highest BCUT2D eigenvalue weighted by molar-refractivity contribution is 5.87. The molecule has 120 valence electrons. The van der Waals surface area contributed by atoms with Gasteiger partial charge in [0.2, 0.25) is 5.91 Å². The molecule has 2 heterocycles. The van der Waals surface area contributed by atoms with E-state index in [0.29, 0.717) is 5.91 Å². The fourth-order valence-corrected chi connectivity index (χ4v) is 3.74. The molecule has 0 aromatic heterocycles. The first-order valence-corrected chi connectivity index (χ1v) is 8.51. The third kappa shape index (κ3) is 2.84. The number of nitrogens with zero attached hydrogens (tertiary/aromatic N) is 2. The second-order valence-corrected chi connectivity index (χ2v) is 6.58. The van der Waals surface area contributed by atoms with E-state index in [4.69, 9.17) is 0 Å². The Hall–Kier alpha value is -1.55. The summed E-state index contributed by atoms with van der Waals surface area (Å²) in [6.45, 7) is 8.73. The molecule has 1 aromatic rings. The summed E-state index contributed by atoms with van der Waals surface area (Å²) in [6.07, 6.45) is 2.99. The Bertz CT molecular complexity index is 529. The summed E-state index contributed by atoms with van der Waals surface area (Å²) in [5.41, 5.74) is 2.28.